The lowest BCUT2D eigenvalue weighted by atomic mass is 10.4. The van der Waals surface area contributed by atoms with Gasteiger partial charge in [-0.25, -0.2) is 13.8 Å². The molecule has 0 aliphatic heterocycles. The van der Waals surface area contributed by atoms with Crippen molar-refractivity contribution in [1.82, 2.24) is 9.97 Å². The number of hydrogen-bond donors (Lipinski definition) is 0. The zero-order chi connectivity index (χ0) is 10.6. The minimum atomic E-state index is -4.18. The minimum Gasteiger partial charge on any atom is -0.471 e. The van der Waals surface area contributed by atoms with E-state index in [2.05, 4.69) is 21.0 Å². The van der Waals surface area contributed by atoms with E-state index in [1.165, 1.54) is 6.20 Å². The van der Waals surface area contributed by atoms with E-state index in [0.29, 0.717) is 0 Å². The molecule has 0 aliphatic carbocycles. The SMILES string of the molecule is FC(F)C(F)(F)COc1ccn[c]n1. The van der Waals surface area contributed by atoms with E-state index in [1.807, 2.05) is 0 Å². The van der Waals surface area contributed by atoms with Crippen molar-refractivity contribution in [3.63, 3.8) is 0 Å². The van der Waals surface area contributed by atoms with Crippen LogP contribution in [0.4, 0.5) is 17.6 Å². The third-order valence-corrected chi connectivity index (χ3v) is 1.24. The first-order chi connectivity index (χ1) is 6.52. The summed E-state index contributed by atoms with van der Waals surface area (Å²) in [5, 5.41) is 0. The number of ether oxygens (including phenoxy) is 1. The number of nitrogens with zero attached hydrogens (tertiary/aromatic N) is 2. The number of aromatic nitrogens is 2. The quantitative estimate of drug-likeness (QED) is 0.706. The van der Waals surface area contributed by atoms with Crippen molar-refractivity contribution in [3.8, 4) is 5.88 Å². The molecule has 3 nitrogen and oxygen atoms in total. The molecule has 1 radical (unpaired) electrons. The molecule has 1 rings (SSSR count). The van der Waals surface area contributed by atoms with Crippen molar-refractivity contribution in [1.29, 1.82) is 0 Å². The Bertz CT molecular complexity index is 280. The van der Waals surface area contributed by atoms with Gasteiger partial charge in [-0.3, -0.25) is 0 Å². The predicted octanol–water partition coefficient (Wildman–Crippen LogP) is 1.56. The predicted molar refractivity (Wildman–Crippen MR) is 37.3 cm³/mol. The average molecular weight is 209 g/mol. The molecule has 0 atom stereocenters. The Hall–Kier alpha value is -1.40. The van der Waals surface area contributed by atoms with E-state index in [9.17, 15) is 17.6 Å². The smallest absolute Gasteiger partial charge is 0.340 e. The maximum atomic E-state index is 12.3. The molecular weight excluding hydrogens is 204 g/mol. The highest BCUT2D eigenvalue weighted by atomic mass is 19.3. The van der Waals surface area contributed by atoms with Gasteiger partial charge in [-0.15, -0.1) is 0 Å². The second kappa shape index (κ2) is 4.21. The van der Waals surface area contributed by atoms with Gasteiger partial charge in [0.05, 0.1) is 0 Å². The lowest BCUT2D eigenvalue weighted by Crippen LogP contribution is -2.33. The normalized spacial score (nSPS) is 11.8. The van der Waals surface area contributed by atoms with Crippen molar-refractivity contribution in [3.05, 3.63) is 18.6 Å². The Morgan fingerprint density at radius 2 is 2.21 bits per heavy atom. The van der Waals surface area contributed by atoms with Crippen LogP contribution in [0.3, 0.4) is 0 Å². The summed E-state index contributed by atoms with van der Waals surface area (Å²) in [4.78, 5) is 6.68. The molecule has 0 unspecified atom stereocenters. The highest BCUT2D eigenvalue weighted by molar-refractivity contribution is 5.04. The van der Waals surface area contributed by atoms with Crippen LogP contribution in [0, 0.1) is 6.33 Å². The number of halogens is 4. The standard InChI is InChI=1S/C7H5F4N2O/c8-6(9)7(10,11)3-14-5-1-2-12-4-13-5/h1-2,6H,3H2. The molecule has 0 saturated heterocycles. The molecule has 0 aromatic carbocycles. The zero-order valence-corrected chi connectivity index (χ0v) is 6.75. The van der Waals surface area contributed by atoms with Crippen LogP contribution in [0.1, 0.15) is 0 Å². The Morgan fingerprint density at radius 1 is 1.50 bits per heavy atom. The molecule has 1 heterocycles. The summed E-state index contributed by atoms with van der Waals surface area (Å²) in [7, 11) is 0. The van der Waals surface area contributed by atoms with Gasteiger partial charge < -0.3 is 4.74 Å². The van der Waals surface area contributed by atoms with Gasteiger partial charge in [-0.1, -0.05) is 0 Å². The van der Waals surface area contributed by atoms with Crippen LogP contribution in [0.2, 0.25) is 0 Å². The summed E-state index contributed by atoms with van der Waals surface area (Å²) in [6.07, 6.45) is -0.490. The summed E-state index contributed by atoms with van der Waals surface area (Å²) in [6, 6.07) is 1.16. The molecule has 0 bridgehead atoms. The number of alkyl halides is 4. The van der Waals surface area contributed by atoms with Crippen LogP contribution in [-0.4, -0.2) is 28.9 Å². The molecule has 0 spiro atoms. The highest BCUT2D eigenvalue weighted by Gasteiger charge is 2.41. The molecule has 1 aromatic heterocycles. The largest absolute Gasteiger partial charge is 0.471 e. The van der Waals surface area contributed by atoms with Crippen LogP contribution < -0.4 is 4.74 Å². The third kappa shape index (κ3) is 2.82. The van der Waals surface area contributed by atoms with E-state index >= 15 is 0 Å². The van der Waals surface area contributed by atoms with E-state index in [0.717, 1.165) is 6.07 Å². The van der Waals surface area contributed by atoms with Crippen molar-refractivity contribution in [2.24, 2.45) is 0 Å². The van der Waals surface area contributed by atoms with Gasteiger partial charge in [0.25, 0.3) is 0 Å². The monoisotopic (exact) mass is 209 g/mol. The molecule has 77 valence electrons. The molecule has 0 aliphatic rings. The summed E-state index contributed by atoms with van der Waals surface area (Å²) in [5.41, 5.74) is 0. The summed E-state index contributed by atoms with van der Waals surface area (Å²) >= 11 is 0. The van der Waals surface area contributed by atoms with E-state index < -0.39 is 19.0 Å². The average Bonchev–Trinajstić information content (AvgIpc) is 2.16. The summed E-state index contributed by atoms with van der Waals surface area (Å²) in [5.74, 6) is -4.40. The Balaban J connectivity index is 2.49. The molecule has 0 fully saturated rings. The first-order valence-corrected chi connectivity index (χ1v) is 3.50. The van der Waals surface area contributed by atoms with Crippen LogP contribution in [0.5, 0.6) is 5.88 Å². The lowest BCUT2D eigenvalue weighted by molar-refractivity contribution is -0.148. The van der Waals surface area contributed by atoms with Gasteiger partial charge in [0.15, 0.2) is 6.61 Å². The second-order valence-electron chi connectivity index (χ2n) is 2.35. The molecule has 1 aromatic rings. The molecule has 14 heavy (non-hydrogen) atoms. The fraction of sp³-hybridized carbons (Fsp3) is 0.429. The Labute approximate surface area is 76.7 Å². The summed E-state index contributed by atoms with van der Waals surface area (Å²) < 4.78 is 52.2. The van der Waals surface area contributed by atoms with E-state index in [4.69, 9.17) is 0 Å². The summed E-state index contributed by atoms with van der Waals surface area (Å²) in [6.45, 7) is -1.42. The zero-order valence-electron chi connectivity index (χ0n) is 6.75. The van der Waals surface area contributed by atoms with Gasteiger partial charge >= 0.3 is 12.3 Å². The van der Waals surface area contributed by atoms with E-state index in [1.54, 1.807) is 0 Å². The highest BCUT2D eigenvalue weighted by Crippen LogP contribution is 2.23. The van der Waals surface area contributed by atoms with Crippen LogP contribution >= 0.6 is 0 Å². The maximum absolute atomic E-state index is 12.3. The number of hydrogen-bond acceptors (Lipinski definition) is 3. The fourth-order valence-electron chi connectivity index (χ4n) is 0.563. The third-order valence-electron chi connectivity index (χ3n) is 1.24. The first-order valence-electron chi connectivity index (χ1n) is 3.50. The van der Waals surface area contributed by atoms with Crippen molar-refractivity contribution in [2.45, 2.75) is 12.3 Å². The second-order valence-corrected chi connectivity index (χ2v) is 2.35. The minimum absolute atomic E-state index is 0.222. The molecule has 7 heteroatoms. The molecular formula is C7H5F4N2O. The van der Waals surface area contributed by atoms with Gasteiger partial charge in [0.1, 0.15) is 0 Å². The van der Waals surface area contributed by atoms with Crippen LogP contribution in [-0.2, 0) is 0 Å². The van der Waals surface area contributed by atoms with Gasteiger partial charge in [0, 0.05) is 12.3 Å². The maximum Gasteiger partial charge on any atom is 0.340 e. The molecule has 0 amide bonds. The van der Waals surface area contributed by atoms with E-state index in [-0.39, 0.29) is 5.88 Å². The fourth-order valence-corrected chi connectivity index (χ4v) is 0.563. The first kappa shape index (κ1) is 10.7. The molecule has 0 N–H and O–H groups in total. The van der Waals surface area contributed by atoms with Crippen molar-refractivity contribution >= 4 is 0 Å². The van der Waals surface area contributed by atoms with Crippen molar-refractivity contribution in [2.75, 3.05) is 6.61 Å². The number of rotatable bonds is 4. The van der Waals surface area contributed by atoms with Gasteiger partial charge in [-0.2, -0.15) is 13.8 Å². The lowest BCUT2D eigenvalue weighted by Gasteiger charge is -2.14. The van der Waals surface area contributed by atoms with Gasteiger partial charge in [-0.05, 0) is 0 Å². The Kier molecular flexibility index (Phi) is 3.21. The van der Waals surface area contributed by atoms with Crippen molar-refractivity contribution < 1.29 is 22.3 Å². The van der Waals surface area contributed by atoms with Gasteiger partial charge in [0.2, 0.25) is 12.2 Å². The Morgan fingerprint density at radius 3 is 2.71 bits per heavy atom. The van der Waals surface area contributed by atoms with Crippen LogP contribution in [0.15, 0.2) is 12.3 Å². The topological polar surface area (TPSA) is 35.0 Å². The molecule has 0 saturated carbocycles. The van der Waals surface area contributed by atoms with Crippen LogP contribution in [0.25, 0.3) is 0 Å².